The number of halogens is 4. The number of H-pyrrole nitrogens is 1. The molecule has 1 amide bonds. The summed E-state index contributed by atoms with van der Waals surface area (Å²) in [5.74, 6) is -0.545. The number of aromatic nitrogens is 1. The van der Waals surface area contributed by atoms with E-state index in [1.807, 2.05) is 0 Å². The molecule has 0 radical (unpaired) electrons. The molecule has 134 valence electrons. The van der Waals surface area contributed by atoms with Gasteiger partial charge in [-0.3, -0.25) is 9.59 Å². The molecule has 0 aliphatic rings. The first-order valence-corrected chi connectivity index (χ1v) is 8.30. The fourth-order valence-corrected chi connectivity index (χ4v) is 2.91. The molecule has 3 aromatic rings. The first-order chi connectivity index (χ1) is 12.2. The van der Waals surface area contributed by atoms with Crippen molar-refractivity contribution in [2.45, 2.75) is 12.7 Å². The molecule has 0 saturated heterocycles. The van der Waals surface area contributed by atoms with Gasteiger partial charge >= 0.3 is 6.18 Å². The lowest BCUT2D eigenvalue weighted by Crippen LogP contribution is -2.25. The third-order valence-electron chi connectivity index (χ3n) is 3.76. The highest BCUT2D eigenvalue weighted by Crippen LogP contribution is 2.29. The van der Waals surface area contributed by atoms with E-state index < -0.39 is 23.2 Å². The van der Waals surface area contributed by atoms with Crippen LogP contribution < -0.4 is 10.9 Å². The molecule has 0 spiro atoms. The number of hydrogen-bond donors (Lipinski definition) is 2. The van der Waals surface area contributed by atoms with Gasteiger partial charge in [-0.15, -0.1) is 0 Å². The summed E-state index contributed by atoms with van der Waals surface area (Å²) >= 11 is 3.31. The molecule has 0 unspecified atom stereocenters. The molecule has 0 saturated carbocycles. The van der Waals surface area contributed by atoms with Crippen LogP contribution in [0.15, 0.2) is 57.8 Å². The molecule has 0 atom stereocenters. The van der Waals surface area contributed by atoms with Crippen LogP contribution in [0.1, 0.15) is 21.5 Å². The van der Waals surface area contributed by atoms with Gasteiger partial charge in [0.05, 0.1) is 11.1 Å². The highest BCUT2D eigenvalue weighted by Gasteiger charge is 2.30. The lowest BCUT2D eigenvalue weighted by molar-refractivity contribution is -0.137. The minimum atomic E-state index is -4.45. The van der Waals surface area contributed by atoms with Crippen LogP contribution in [0, 0.1) is 0 Å². The molecular weight excluding hydrogens is 413 g/mol. The molecule has 0 aliphatic heterocycles. The van der Waals surface area contributed by atoms with Gasteiger partial charge in [-0.25, -0.2) is 0 Å². The lowest BCUT2D eigenvalue weighted by Gasteiger charge is -2.11. The Kier molecular flexibility index (Phi) is 4.86. The third-order valence-corrected chi connectivity index (χ3v) is 4.25. The Balaban J connectivity index is 1.86. The molecule has 0 fully saturated rings. The SMILES string of the molecule is O=C(NCc1cccc(C(F)(F)F)c1)c1cc(=O)[nH]c2ccc(Br)cc12. The number of aromatic amines is 1. The van der Waals surface area contributed by atoms with Crippen LogP contribution in [0.4, 0.5) is 13.2 Å². The predicted octanol–water partition coefficient (Wildman–Crippen LogP) is 4.24. The number of rotatable bonds is 3. The number of benzene rings is 2. The number of fused-ring (bicyclic) bond motifs is 1. The van der Waals surface area contributed by atoms with Crippen molar-refractivity contribution < 1.29 is 18.0 Å². The summed E-state index contributed by atoms with van der Waals surface area (Å²) in [6, 6.07) is 10.9. The van der Waals surface area contributed by atoms with Crippen LogP contribution in [0.25, 0.3) is 10.9 Å². The number of pyridine rings is 1. The Morgan fingerprint density at radius 2 is 1.88 bits per heavy atom. The Hall–Kier alpha value is -2.61. The summed E-state index contributed by atoms with van der Waals surface area (Å²) in [5, 5.41) is 3.09. The molecule has 8 heteroatoms. The topological polar surface area (TPSA) is 62.0 Å². The molecule has 3 rings (SSSR count). The second-order valence-electron chi connectivity index (χ2n) is 5.62. The molecule has 2 aromatic carbocycles. The highest BCUT2D eigenvalue weighted by molar-refractivity contribution is 9.10. The van der Waals surface area contributed by atoms with Gasteiger partial charge in [0, 0.05) is 28.0 Å². The first-order valence-electron chi connectivity index (χ1n) is 7.51. The van der Waals surface area contributed by atoms with Crippen molar-refractivity contribution in [3.05, 3.63) is 80.0 Å². The van der Waals surface area contributed by atoms with Crippen molar-refractivity contribution in [3.63, 3.8) is 0 Å². The van der Waals surface area contributed by atoms with E-state index in [1.54, 1.807) is 18.2 Å². The van der Waals surface area contributed by atoms with Gasteiger partial charge in [-0.1, -0.05) is 28.1 Å². The van der Waals surface area contributed by atoms with E-state index in [9.17, 15) is 22.8 Å². The third kappa shape index (κ3) is 3.96. The quantitative estimate of drug-likeness (QED) is 0.660. The highest BCUT2D eigenvalue weighted by atomic mass is 79.9. The molecular formula is C18H12BrF3N2O2. The Morgan fingerprint density at radius 3 is 2.62 bits per heavy atom. The number of amides is 1. The van der Waals surface area contributed by atoms with E-state index in [2.05, 4.69) is 26.2 Å². The van der Waals surface area contributed by atoms with Gasteiger partial charge in [0.25, 0.3) is 5.91 Å². The molecule has 0 aliphatic carbocycles. The Morgan fingerprint density at radius 1 is 1.12 bits per heavy atom. The zero-order chi connectivity index (χ0) is 18.9. The fraction of sp³-hybridized carbons (Fsp3) is 0.111. The summed E-state index contributed by atoms with van der Waals surface area (Å²) in [7, 11) is 0. The monoisotopic (exact) mass is 424 g/mol. The summed E-state index contributed by atoms with van der Waals surface area (Å²) in [6.07, 6.45) is -4.45. The van der Waals surface area contributed by atoms with Gasteiger partial charge in [-0.05, 0) is 35.9 Å². The zero-order valence-electron chi connectivity index (χ0n) is 13.2. The van der Waals surface area contributed by atoms with Crippen molar-refractivity contribution in [3.8, 4) is 0 Å². The summed E-state index contributed by atoms with van der Waals surface area (Å²) in [6.45, 7) is -0.0922. The summed E-state index contributed by atoms with van der Waals surface area (Å²) < 4.78 is 39.0. The molecule has 4 nitrogen and oxygen atoms in total. The number of alkyl halides is 3. The van der Waals surface area contributed by atoms with E-state index in [1.165, 1.54) is 12.1 Å². The van der Waals surface area contributed by atoms with Crippen LogP contribution in [0.3, 0.4) is 0 Å². The molecule has 1 aromatic heterocycles. The normalized spacial score (nSPS) is 11.5. The van der Waals surface area contributed by atoms with E-state index in [0.29, 0.717) is 16.5 Å². The number of carbonyl (C=O) groups is 1. The van der Waals surface area contributed by atoms with E-state index in [-0.39, 0.29) is 12.1 Å². The molecule has 26 heavy (non-hydrogen) atoms. The number of nitrogens with one attached hydrogen (secondary N) is 2. The second kappa shape index (κ2) is 6.95. The average Bonchev–Trinajstić information content (AvgIpc) is 2.59. The van der Waals surface area contributed by atoms with Crippen LogP contribution in [-0.2, 0) is 12.7 Å². The van der Waals surface area contributed by atoms with Crippen molar-refractivity contribution >= 4 is 32.7 Å². The van der Waals surface area contributed by atoms with Crippen LogP contribution in [0.5, 0.6) is 0 Å². The number of hydrogen-bond acceptors (Lipinski definition) is 2. The van der Waals surface area contributed by atoms with Gasteiger partial charge in [0.15, 0.2) is 0 Å². The van der Waals surface area contributed by atoms with Crippen molar-refractivity contribution in [1.82, 2.24) is 10.3 Å². The van der Waals surface area contributed by atoms with Gasteiger partial charge in [0.2, 0.25) is 5.56 Å². The standard InChI is InChI=1S/C18H12BrF3N2O2/c19-12-4-5-15-13(7-12)14(8-16(25)24-15)17(26)23-9-10-2-1-3-11(6-10)18(20,21)22/h1-8H,9H2,(H,23,26)(H,24,25). The minimum absolute atomic E-state index is 0.0922. The van der Waals surface area contributed by atoms with E-state index in [4.69, 9.17) is 0 Å². The Bertz CT molecular complexity index is 1040. The smallest absolute Gasteiger partial charge is 0.348 e. The van der Waals surface area contributed by atoms with Crippen LogP contribution >= 0.6 is 15.9 Å². The maximum absolute atomic E-state index is 12.8. The molecule has 1 heterocycles. The minimum Gasteiger partial charge on any atom is -0.348 e. The zero-order valence-corrected chi connectivity index (χ0v) is 14.7. The maximum Gasteiger partial charge on any atom is 0.416 e. The van der Waals surface area contributed by atoms with Gasteiger partial charge in [0.1, 0.15) is 0 Å². The van der Waals surface area contributed by atoms with Crippen molar-refractivity contribution in [2.75, 3.05) is 0 Å². The first kappa shape index (κ1) is 18.2. The fourth-order valence-electron chi connectivity index (χ4n) is 2.55. The van der Waals surface area contributed by atoms with E-state index in [0.717, 1.165) is 22.7 Å². The van der Waals surface area contributed by atoms with Crippen LogP contribution in [0.2, 0.25) is 0 Å². The summed E-state index contributed by atoms with van der Waals surface area (Å²) in [4.78, 5) is 26.9. The van der Waals surface area contributed by atoms with Gasteiger partial charge in [-0.2, -0.15) is 13.2 Å². The average molecular weight is 425 g/mol. The largest absolute Gasteiger partial charge is 0.416 e. The van der Waals surface area contributed by atoms with Crippen molar-refractivity contribution in [1.29, 1.82) is 0 Å². The number of carbonyl (C=O) groups excluding carboxylic acids is 1. The van der Waals surface area contributed by atoms with Gasteiger partial charge < -0.3 is 10.3 Å². The Labute approximate surface area is 154 Å². The second-order valence-corrected chi connectivity index (χ2v) is 6.53. The van der Waals surface area contributed by atoms with E-state index >= 15 is 0 Å². The maximum atomic E-state index is 12.8. The van der Waals surface area contributed by atoms with Crippen LogP contribution in [-0.4, -0.2) is 10.9 Å². The molecule has 0 bridgehead atoms. The predicted molar refractivity (Wildman–Crippen MR) is 94.9 cm³/mol. The van der Waals surface area contributed by atoms with Crippen molar-refractivity contribution in [2.24, 2.45) is 0 Å². The lowest BCUT2D eigenvalue weighted by atomic mass is 10.1. The molecule has 2 N–H and O–H groups in total. The summed E-state index contributed by atoms with van der Waals surface area (Å²) in [5.41, 5.74) is -0.274.